The van der Waals surface area contributed by atoms with Crippen LogP contribution in [0.1, 0.15) is 44.9 Å². The third kappa shape index (κ3) is 3.63. The monoisotopic (exact) mass is 211 g/mol. The Labute approximate surface area is 91.5 Å². The Balaban J connectivity index is 2.48. The third-order valence-corrected chi connectivity index (χ3v) is 2.69. The molecule has 1 aromatic rings. The summed E-state index contributed by atoms with van der Waals surface area (Å²) in [7, 11) is 1.94. The molecule has 86 valence electrons. The molecule has 1 N–H and O–H groups in total. The summed E-state index contributed by atoms with van der Waals surface area (Å²) in [5, 5.41) is 11.2. The molecule has 4 nitrogen and oxygen atoms in total. The lowest BCUT2D eigenvalue weighted by molar-refractivity contribution is 0.378. The first-order chi connectivity index (χ1) is 7.15. The highest BCUT2D eigenvalue weighted by Crippen LogP contribution is 2.22. The van der Waals surface area contributed by atoms with E-state index in [9.17, 15) is 0 Å². The van der Waals surface area contributed by atoms with Crippen LogP contribution in [0, 0.1) is 5.92 Å². The van der Waals surface area contributed by atoms with Crippen molar-refractivity contribution in [2.24, 2.45) is 5.92 Å². The zero-order chi connectivity index (χ0) is 11.3. The zero-order valence-corrected chi connectivity index (χ0v) is 10.1. The molecule has 1 rings (SSSR count). The lowest BCUT2D eigenvalue weighted by Crippen LogP contribution is -2.08. The van der Waals surface area contributed by atoms with Crippen molar-refractivity contribution < 1.29 is 4.42 Å². The van der Waals surface area contributed by atoms with Gasteiger partial charge in [0.1, 0.15) is 0 Å². The highest BCUT2D eigenvalue weighted by Gasteiger charge is 2.16. The average molecular weight is 211 g/mol. The molecule has 1 atom stereocenters. The van der Waals surface area contributed by atoms with E-state index in [4.69, 9.17) is 4.42 Å². The topological polar surface area (TPSA) is 51.0 Å². The molecular weight excluding hydrogens is 190 g/mol. The molecule has 0 saturated carbocycles. The van der Waals surface area contributed by atoms with E-state index >= 15 is 0 Å². The minimum atomic E-state index is 0.343. The molecule has 0 aromatic carbocycles. The van der Waals surface area contributed by atoms with Gasteiger partial charge in [0.05, 0.1) is 0 Å². The molecule has 1 unspecified atom stereocenters. The Hall–Kier alpha value is -0.900. The molecule has 15 heavy (non-hydrogen) atoms. The first kappa shape index (κ1) is 12.2. The van der Waals surface area contributed by atoms with Gasteiger partial charge in [-0.05, 0) is 25.9 Å². The van der Waals surface area contributed by atoms with E-state index in [2.05, 4.69) is 36.3 Å². The van der Waals surface area contributed by atoms with Crippen LogP contribution in [-0.2, 0) is 6.42 Å². The highest BCUT2D eigenvalue weighted by molar-refractivity contribution is 4.90. The molecule has 0 saturated heterocycles. The van der Waals surface area contributed by atoms with E-state index in [1.807, 2.05) is 7.05 Å². The minimum absolute atomic E-state index is 0.343. The fraction of sp³-hybridized carbons (Fsp3) is 0.818. The zero-order valence-electron chi connectivity index (χ0n) is 10.1. The third-order valence-electron chi connectivity index (χ3n) is 2.69. The predicted octanol–water partition coefficient (Wildman–Crippen LogP) is 1.98. The Kier molecular flexibility index (Phi) is 4.75. The summed E-state index contributed by atoms with van der Waals surface area (Å²) in [5.74, 6) is 2.41. The van der Waals surface area contributed by atoms with Crippen molar-refractivity contribution in [1.29, 1.82) is 0 Å². The van der Waals surface area contributed by atoms with Crippen molar-refractivity contribution in [3.8, 4) is 0 Å². The quantitative estimate of drug-likeness (QED) is 0.731. The van der Waals surface area contributed by atoms with Crippen LogP contribution in [0.3, 0.4) is 0 Å². The van der Waals surface area contributed by atoms with Gasteiger partial charge in [0.2, 0.25) is 11.8 Å². The van der Waals surface area contributed by atoms with Gasteiger partial charge < -0.3 is 9.73 Å². The first-order valence-electron chi connectivity index (χ1n) is 5.62. The molecule has 1 heterocycles. The summed E-state index contributed by atoms with van der Waals surface area (Å²) in [6, 6.07) is 0. The Morgan fingerprint density at radius 3 is 2.60 bits per heavy atom. The fourth-order valence-electron chi connectivity index (χ4n) is 1.25. The fourth-order valence-corrected chi connectivity index (χ4v) is 1.25. The summed E-state index contributed by atoms with van der Waals surface area (Å²) in [4.78, 5) is 0. The van der Waals surface area contributed by atoms with Gasteiger partial charge in [0, 0.05) is 12.3 Å². The molecule has 4 heteroatoms. The van der Waals surface area contributed by atoms with Crippen LogP contribution < -0.4 is 5.32 Å². The van der Waals surface area contributed by atoms with Crippen LogP contribution in [-0.4, -0.2) is 23.8 Å². The van der Waals surface area contributed by atoms with Gasteiger partial charge in [0.25, 0.3) is 0 Å². The molecule has 0 spiro atoms. The summed E-state index contributed by atoms with van der Waals surface area (Å²) in [5.41, 5.74) is 0. The summed E-state index contributed by atoms with van der Waals surface area (Å²) in [6.45, 7) is 7.43. The van der Waals surface area contributed by atoms with Gasteiger partial charge in [-0.15, -0.1) is 10.2 Å². The second kappa shape index (κ2) is 5.85. The van der Waals surface area contributed by atoms with Crippen LogP contribution in [0.15, 0.2) is 4.42 Å². The van der Waals surface area contributed by atoms with Crippen molar-refractivity contribution in [3.63, 3.8) is 0 Å². The summed E-state index contributed by atoms with van der Waals surface area (Å²) >= 11 is 0. The summed E-state index contributed by atoms with van der Waals surface area (Å²) in [6.07, 6.45) is 1.90. The Bertz CT molecular complexity index is 283. The number of rotatable bonds is 6. The number of nitrogens with zero attached hydrogens (tertiary/aromatic N) is 2. The van der Waals surface area contributed by atoms with E-state index < -0.39 is 0 Å². The molecule has 0 bridgehead atoms. The minimum Gasteiger partial charge on any atom is -0.425 e. The molecule has 0 amide bonds. The normalized spacial score (nSPS) is 13.4. The molecule has 0 fully saturated rings. The maximum Gasteiger partial charge on any atom is 0.219 e. The Morgan fingerprint density at radius 1 is 1.27 bits per heavy atom. The molecule has 0 aliphatic rings. The van der Waals surface area contributed by atoms with Crippen molar-refractivity contribution in [1.82, 2.24) is 15.5 Å². The molecule has 0 radical (unpaired) electrons. The maximum absolute atomic E-state index is 5.60. The lowest BCUT2D eigenvalue weighted by atomic mass is 9.98. The number of hydrogen-bond donors (Lipinski definition) is 1. The van der Waals surface area contributed by atoms with Gasteiger partial charge in [-0.2, -0.15) is 0 Å². The number of nitrogens with one attached hydrogen (secondary N) is 1. The van der Waals surface area contributed by atoms with Gasteiger partial charge in [-0.1, -0.05) is 20.8 Å². The van der Waals surface area contributed by atoms with Crippen LogP contribution >= 0.6 is 0 Å². The van der Waals surface area contributed by atoms with Gasteiger partial charge in [-0.25, -0.2) is 0 Å². The highest BCUT2D eigenvalue weighted by atomic mass is 16.4. The first-order valence-corrected chi connectivity index (χ1v) is 5.62. The maximum atomic E-state index is 5.60. The Morgan fingerprint density at radius 2 is 2.00 bits per heavy atom. The van der Waals surface area contributed by atoms with Gasteiger partial charge in [0.15, 0.2) is 0 Å². The summed E-state index contributed by atoms with van der Waals surface area (Å²) < 4.78 is 5.60. The van der Waals surface area contributed by atoms with E-state index in [1.54, 1.807) is 0 Å². The standard InChI is InChI=1S/C11H21N3O/c1-8(2)9(3)11-14-13-10(15-11)6-5-7-12-4/h8-9,12H,5-7H2,1-4H3. The molecule has 0 aliphatic carbocycles. The van der Waals surface area contributed by atoms with Crippen LogP contribution in [0.2, 0.25) is 0 Å². The molecular formula is C11H21N3O. The van der Waals surface area contributed by atoms with E-state index in [-0.39, 0.29) is 0 Å². The number of aromatic nitrogens is 2. The van der Waals surface area contributed by atoms with Crippen molar-refractivity contribution in [3.05, 3.63) is 11.8 Å². The predicted molar refractivity (Wildman–Crippen MR) is 59.8 cm³/mol. The SMILES string of the molecule is CNCCCc1nnc(C(C)C(C)C)o1. The number of aryl methyl sites for hydroxylation is 1. The van der Waals surface area contributed by atoms with E-state index in [1.165, 1.54) is 0 Å². The smallest absolute Gasteiger partial charge is 0.219 e. The molecule has 1 aromatic heterocycles. The lowest BCUT2D eigenvalue weighted by Gasteiger charge is -2.09. The van der Waals surface area contributed by atoms with Gasteiger partial charge >= 0.3 is 0 Å². The van der Waals surface area contributed by atoms with Crippen molar-refractivity contribution >= 4 is 0 Å². The largest absolute Gasteiger partial charge is 0.425 e. The molecule has 0 aliphatic heterocycles. The van der Waals surface area contributed by atoms with Crippen molar-refractivity contribution in [2.45, 2.75) is 39.5 Å². The second-order valence-electron chi connectivity index (χ2n) is 4.27. The number of hydrogen-bond acceptors (Lipinski definition) is 4. The average Bonchev–Trinajstić information content (AvgIpc) is 2.65. The van der Waals surface area contributed by atoms with Crippen LogP contribution in [0.4, 0.5) is 0 Å². The van der Waals surface area contributed by atoms with Crippen LogP contribution in [0.5, 0.6) is 0 Å². The van der Waals surface area contributed by atoms with Gasteiger partial charge in [-0.3, -0.25) is 0 Å². The second-order valence-corrected chi connectivity index (χ2v) is 4.27. The van der Waals surface area contributed by atoms with Crippen molar-refractivity contribution in [2.75, 3.05) is 13.6 Å². The van der Waals surface area contributed by atoms with Crippen LogP contribution in [0.25, 0.3) is 0 Å². The van der Waals surface area contributed by atoms with E-state index in [0.717, 1.165) is 31.2 Å². The van der Waals surface area contributed by atoms with E-state index in [0.29, 0.717) is 11.8 Å².